The molecule has 2 aromatic rings. The lowest BCUT2D eigenvalue weighted by Gasteiger charge is -2.27. The van der Waals surface area contributed by atoms with Gasteiger partial charge in [-0.1, -0.05) is 24.3 Å². The molecule has 0 amide bonds. The van der Waals surface area contributed by atoms with Gasteiger partial charge in [0.25, 0.3) is 0 Å². The van der Waals surface area contributed by atoms with Gasteiger partial charge >= 0.3 is 0 Å². The maximum atomic E-state index is 12.8. The molecular weight excluding hydrogens is 338 g/mol. The van der Waals surface area contributed by atoms with Gasteiger partial charge in [-0.25, -0.2) is 8.42 Å². The molecule has 1 aliphatic rings. The minimum atomic E-state index is -3.55. The van der Waals surface area contributed by atoms with E-state index in [0.29, 0.717) is 18.8 Å². The molecule has 0 bridgehead atoms. The van der Waals surface area contributed by atoms with E-state index in [1.165, 1.54) is 0 Å². The summed E-state index contributed by atoms with van der Waals surface area (Å²) in [6.07, 6.45) is 1.28. The molecule has 25 heavy (non-hydrogen) atoms. The zero-order valence-electron chi connectivity index (χ0n) is 14.2. The van der Waals surface area contributed by atoms with Crippen LogP contribution in [0.4, 0.5) is 0 Å². The van der Waals surface area contributed by atoms with Crippen LogP contribution in [0.25, 0.3) is 0 Å². The van der Waals surface area contributed by atoms with E-state index < -0.39 is 15.9 Å². The fourth-order valence-corrected chi connectivity index (χ4v) is 4.20. The van der Waals surface area contributed by atoms with Crippen LogP contribution in [-0.2, 0) is 16.3 Å². The minimum absolute atomic E-state index is 0.0269. The highest BCUT2D eigenvalue weighted by atomic mass is 32.2. The fraction of sp³-hybridized carbons (Fsp3) is 0.368. The van der Waals surface area contributed by atoms with Crippen molar-refractivity contribution >= 4 is 9.84 Å². The fourth-order valence-electron chi connectivity index (χ4n) is 2.91. The summed E-state index contributed by atoms with van der Waals surface area (Å²) >= 11 is 0. The summed E-state index contributed by atoms with van der Waals surface area (Å²) in [5, 5.41) is 12.5. The summed E-state index contributed by atoms with van der Waals surface area (Å²) in [6, 6.07) is 13.5. The second-order valence-electron chi connectivity index (χ2n) is 6.37. The first-order chi connectivity index (χ1) is 12.0. The van der Waals surface area contributed by atoms with Crippen LogP contribution in [0, 0.1) is 0 Å². The van der Waals surface area contributed by atoms with Crippen LogP contribution < -0.4 is 10.1 Å². The lowest BCUT2D eigenvalue weighted by molar-refractivity contribution is 0.153. The molecule has 0 aromatic heterocycles. The number of sulfone groups is 1. The van der Waals surface area contributed by atoms with Gasteiger partial charge < -0.3 is 15.2 Å². The monoisotopic (exact) mass is 361 g/mol. The molecule has 1 aliphatic heterocycles. The van der Waals surface area contributed by atoms with Gasteiger partial charge in [0.05, 0.1) is 15.9 Å². The Hall–Kier alpha value is -1.89. The second kappa shape index (κ2) is 7.56. The van der Waals surface area contributed by atoms with Gasteiger partial charge in [-0.2, -0.15) is 0 Å². The highest BCUT2D eigenvalue weighted by Gasteiger charge is 2.23. The zero-order chi connectivity index (χ0) is 17.9. The third kappa shape index (κ3) is 4.21. The number of nitrogens with one attached hydrogen (secondary N) is 1. The number of aliphatic hydroxyl groups excluding tert-OH is 1. The highest BCUT2D eigenvalue weighted by Crippen LogP contribution is 2.32. The number of hydrogen-bond acceptors (Lipinski definition) is 5. The maximum absolute atomic E-state index is 12.8. The number of rotatable bonds is 6. The van der Waals surface area contributed by atoms with E-state index in [0.717, 1.165) is 18.4 Å². The third-order valence-electron chi connectivity index (χ3n) is 4.24. The van der Waals surface area contributed by atoms with Crippen LogP contribution in [0.3, 0.4) is 0 Å². The predicted octanol–water partition coefficient (Wildman–Crippen LogP) is 2.18. The van der Waals surface area contributed by atoms with Gasteiger partial charge in [-0.3, -0.25) is 0 Å². The summed E-state index contributed by atoms with van der Waals surface area (Å²) < 4.78 is 31.5. The van der Waals surface area contributed by atoms with Crippen molar-refractivity contribution in [1.29, 1.82) is 0 Å². The molecule has 6 heteroatoms. The molecule has 0 aliphatic carbocycles. The Bertz CT molecular complexity index is 819. The molecule has 5 nitrogen and oxygen atoms in total. The Kier molecular flexibility index (Phi) is 5.42. The van der Waals surface area contributed by atoms with E-state index in [2.05, 4.69) is 5.32 Å². The van der Waals surface area contributed by atoms with Gasteiger partial charge in [0.1, 0.15) is 11.9 Å². The van der Waals surface area contributed by atoms with Crippen molar-refractivity contribution in [1.82, 2.24) is 5.32 Å². The number of fused-ring (bicyclic) bond motifs is 1. The Labute approximate surface area is 148 Å². The quantitative estimate of drug-likeness (QED) is 0.825. The molecule has 134 valence electrons. The number of ether oxygens (including phenoxy) is 1. The van der Waals surface area contributed by atoms with E-state index in [1.54, 1.807) is 49.4 Å². The van der Waals surface area contributed by atoms with Gasteiger partial charge in [-0.15, -0.1) is 0 Å². The highest BCUT2D eigenvalue weighted by molar-refractivity contribution is 7.91. The first-order valence-electron chi connectivity index (χ1n) is 8.45. The third-order valence-corrected chi connectivity index (χ3v) is 6.01. The van der Waals surface area contributed by atoms with E-state index in [1.807, 2.05) is 6.07 Å². The molecule has 2 aromatic carbocycles. The topological polar surface area (TPSA) is 75.6 Å². The molecule has 1 unspecified atom stereocenters. The van der Waals surface area contributed by atoms with Gasteiger partial charge in [0.15, 0.2) is 0 Å². The van der Waals surface area contributed by atoms with Gasteiger partial charge in [-0.05, 0) is 49.6 Å². The minimum Gasteiger partial charge on any atom is -0.489 e. The van der Waals surface area contributed by atoms with Crippen molar-refractivity contribution in [2.75, 3.05) is 13.1 Å². The lowest BCUT2D eigenvalue weighted by atomic mass is 10.0. The molecule has 1 heterocycles. The number of benzene rings is 2. The van der Waals surface area contributed by atoms with Crippen LogP contribution in [-0.4, -0.2) is 38.8 Å². The van der Waals surface area contributed by atoms with Crippen LogP contribution in [0.15, 0.2) is 58.3 Å². The van der Waals surface area contributed by atoms with Crippen LogP contribution in [0.1, 0.15) is 18.9 Å². The number of aliphatic hydroxyl groups is 1. The summed E-state index contributed by atoms with van der Waals surface area (Å²) in [6.45, 7) is 2.86. The van der Waals surface area contributed by atoms with Crippen molar-refractivity contribution < 1.29 is 18.3 Å². The van der Waals surface area contributed by atoms with Crippen LogP contribution >= 0.6 is 0 Å². The van der Waals surface area contributed by atoms with E-state index in [9.17, 15) is 13.5 Å². The average Bonchev–Trinajstić information content (AvgIpc) is 2.61. The normalized spacial score (nSPS) is 18.2. The average molecular weight is 361 g/mol. The Morgan fingerprint density at radius 1 is 1.20 bits per heavy atom. The molecule has 0 fully saturated rings. The van der Waals surface area contributed by atoms with E-state index in [4.69, 9.17) is 4.74 Å². The van der Waals surface area contributed by atoms with Crippen molar-refractivity contribution in [2.45, 2.75) is 41.8 Å². The molecular formula is C19H23NO4S. The van der Waals surface area contributed by atoms with Crippen molar-refractivity contribution in [2.24, 2.45) is 0 Å². The van der Waals surface area contributed by atoms with Gasteiger partial charge in [0.2, 0.25) is 9.84 Å². The Morgan fingerprint density at radius 3 is 2.68 bits per heavy atom. The van der Waals surface area contributed by atoms with Crippen molar-refractivity contribution in [3.63, 3.8) is 0 Å². The maximum Gasteiger partial charge on any atom is 0.206 e. The first kappa shape index (κ1) is 17.9. The smallest absolute Gasteiger partial charge is 0.206 e. The molecule has 0 radical (unpaired) electrons. The van der Waals surface area contributed by atoms with E-state index >= 15 is 0 Å². The molecule has 0 saturated carbocycles. The van der Waals surface area contributed by atoms with Crippen LogP contribution in [0.2, 0.25) is 0 Å². The molecule has 3 rings (SSSR count). The second-order valence-corrected chi connectivity index (χ2v) is 8.32. The largest absolute Gasteiger partial charge is 0.489 e. The Morgan fingerprint density at radius 2 is 1.96 bits per heavy atom. The number of aryl methyl sites for hydroxylation is 1. The van der Waals surface area contributed by atoms with E-state index in [-0.39, 0.29) is 15.9 Å². The SMILES string of the molecule is C[C@H](O)CNCC1CCc2ccc(S(=O)(=O)c3ccccc3)cc2O1. The standard InChI is InChI=1S/C19H23NO4S/c1-14(21)12-20-13-16-9-7-15-8-10-18(11-19(15)24-16)25(22,23)17-5-3-2-4-6-17/h2-6,8,10-11,14,16,20-21H,7,9,12-13H2,1H3/t14-,16?/m0/s1. The Balaban J connectivity index is 1.78. The van der Waals surface area contributed by atoms with Crippen LogP contribution in [0.5, 0.6) is 5.75 Å². The lowest BCUT2D eigenvalue weighted by Crippen LogP contribution is -2.37. The first-order valence-corrected chi connectivity index (χ1v) is 9.93. The molecule has 2 atom stereocenters. The molecule has 0 spiro atoms. The summed E-state index contributed by atoms with van der Waals surface area (Å²) in [7, 11) is -3.55. The molecule has 2 N–H and O–H groups in total. The summed E-state index contributed by atoms with van der Waals surface area (Å²) in [4.78, 5) is 0.524. The zero-order valence-corrected chi connectivity index (χ0v) is 15.0. The number of hydrogen-bond donors (Lipinski definition) is 2. The van der Waals surface area contributed by atoms with Crippen molar-refractivity contribution in [3.8, 4) is 5.75 Å². The van der Waals surface area contributed by atoms with Crippen molar-refractivity contribution in [3.05, 3.63) is 54.1 Å². The predicted molar refractivity (Wildman–Crippen MR) is 95.6 cm³/mol. The summed E-state index contributed by atoms with van der Waals surface area (Å²) in [5.74, 6) is 0.632. The van der Waals surface area contributed by atoms with Gasteiger partial charge in [0, 0.05) is 13.1 Å². The molecule has 0 saturated heterocycles. The summed E-state index contributed by atoms with van der Waals surface area (Å²) in [5.41, 5.74) is 1.03.